The molecule has 0 unspecified atom stereocenters. The molecule has 4 aromatic rings. The van der Waals surface area contributed by atoms with E-state index in [2.05, 4.69) is 35.3 Å². The van der Waals surface area contributed by atoms with Gasteiger partial charge in [-0.3, -0.25) is 0 Å². The Labute approximate surface area is 122 Å². The number of aromatic nitrogens is 2. The van der Waals surface area contributed by atoms with Crippen molar-refractivity contribution in [1.29, 1.82) is 0 Å². The van der Waals surface area contributed by atoms with E-state index in [4.69, 9.17) is 10.7 Å². The summed E-state index contributed by atoms with van der Waals surface area (Å²) >= 11 is 0. The molecule has 0 saturated heterocycles. The Morgan fingerprint density at radius 1 is 0.762 bits per heavy atom. The fourth-order valence-corrected chi connectivity index (χ4v) is 2.67. The van der Waals surface area contributed by atoms with E-state index in [1.54, 1.807) is 6.20 Å². The summed E-state index contributed by atoms with van der Waals surface area (Å²) in [5, 5.41) is 3.40. The third-order valence-electron chi connectivity index (χ3n) is 3.70. The fraction of sp³-hybridized carbons (Fsp3) is 0. The standard InChI is InChI=1S/C18H13N3/c19-18-17-13(10-11-20-18)8-9-16(21-17)15-7-3-5-12-4-1-2-6-14(12)15/h1-11H,(H2,19,20). The third kappa shape index (κ3) is 1.91. The molecule has 3 heteroatoms. The van der Waals surface area contributed by atoms with Crippen molar-refractivity contribution in [3.63, 3.8) is 0 Å². The molecule has 0 atom stereocenters. The van der Waals surface area contributed by atoms with Crippen LogP contribution in [0.15, 0.2) is 66.9 Å². The first-order chi connectivity index (χ1) is 10.3. The molecule has 2 aromatic heterocycles. The molecule has 3 nitrogen and oxygen atoms in total. The van der Waals surface area contributed by atoms with Gasteiger partial charge in [-0.05, 0) is 22.9 Å². The molecule has 2 N–H and O–H groups in total. The van der Waals surface area contributed by atoms with Crippen molar-refractivity contribution in [1.82, 2.24) is 9.97 Å². The first-order valence-corrected chi connectivity index (χ1v) is 6.82. The van der Waals surface area contributed by atoms with Crippen molar-refractivity contribution in [2.75, 3.05) is 5.73 Å². The van der Waals surface area contributed by atoms with Crippen molar-refractivity contribution in [2.24, 2.45) is 0 Å². The van der Waals surface area contributed by atoms with E-state index >= 15 is 0 Å². The van der Waals surface area contributed by atoms with Gasteiger partial charge in [-0.15, -0.1) is 0 Å². The molecule has 0 fully saturated rings. The van der Waals surface area contributed by atoms with Gasteiger partial charge in [-0.25, -0.2) is 9.97 Å². The molecule has 0 spiro atoms. The Bertz CT molecular complexity index is 955. The van der Waals surface area contributed by atoms with Crippen LogP contribution in [0.1, 0.15) is 0 Å². The molecule has 4 rings (SSSR count). The minimum atomic E-state index is 0.467. The molecule has 2 heterocycles. The molecule has 0 aliphatic heterocycles. The van der Waals surface area contributed by atoms with Gasteiger partial charge in [0.15, 0.2) is 0 Å². The van der Waals surface area contributed by atoms with Gasteiger partial charge in [0.25, 0.3) is 0 Å². The lowest BCUT2D eigenvalue weighted by atomic mass is 10.0. The van der Waals surface area contributed by atoms with Crippen LogP contribution in [0.25, 0.3) is 32.9 Å². The maximum atomic E-state index is 5.94. The maximum absolute atomic E-state index is 5.94. The third-order valence-corrected chi connectivity index (χ3v) is 3.70. The zero-order valence-electron chi connectivity index (χ0n) is 11.3. The SMILES string of the molecule is Nc1nccc2ccc(-c3cccc4ccccc34)nc12. The molecule has 21 heavy (non-hydrogen) atoms. The normalized spacial score (nSPS) is 11.0. The van der Waals surface area contributed by atoms with Gasteiger partial charge in [0.2, 0.25) is 0 Å². The predicted octanol–water partition coefficient (Wildman–Crippen LogP) is 4.03. The van der Waals surface area contributed by atoms with Gasteiger partial charge in [0.05, 0.1) is 5.69 Å². The van der Waals surface area contributed by atoms with Crippen LogP contribution in [0.2, 0.25) is 0 Å². The van der Waals surface area contributed by atoms with Crippen LogP contribution in [-0.4, -0.2) is 9.97 Å². The van der Waals surface area contributed by atoms with Crippen molar-refractivity contribution < 1.29 is 0 Å². The molecule has 100 valence electrons. The highest BCUT2D eigenvalue weighted by Gasteiger charge is 2.07. The minimum absolute atomic E-state index is 0.467. The molecule has 0 aliphatic rings. The number of pyridine rings is 2. The quantitative estimate of drug-likeness (QED) is 0.568. The lowest BCUT2D eigenvalue weighted by Crippen LogP contribution is -1.94. The second-order valence-corrected chi connectivity index (χ2v) is 4.99. The van der Waals surface area contributed by atoms with E-state index in [1.165, 1.54) is 10.8 Å². The summed E-state index contributed by atoms with van der Waals surface area (Å²) in [6, 6.07) is 20.5. The van der Waals surface area contributed by atoms with E-state index in [0.717, 1.165) is 22.2 Å². The second-order valence-electron chi connectivity index (χ2n) is 4.99. The second kappa shape index (κ2) is 4.56. The summed E-state index contributed by atoms with van der Waals surface area (Å²) in [7, 11) is 0. The number of rotatable bonds is 1. The number of nitrogen functional groups attached to an aromatic ring is 1. The predicted molar refractivity (Wildman–Crippen MR) is 86.9 cm³/mol. The molecular formula is C18H13N3. The van der Waals surface area contributed by atoms with E-state index in [1.807, 2.05) is 30.3 Å². The number of benzene rings is 2. The monoisotopic (exact) mass is 271 g/mol. The van der Waals surface area contributed by atoms with Gasteiger partial charge in [0, 0.05) is 17.1 Å². The van der Waals surface area contributed by atoms with Gasteiger partial charge in [-0.1, -0.05) is 48.5 Å². The topological polar surface area (TPSA) is 51.8 Å². The summed E-state index contributed by atoms with van der Waals surface area (Å²) in [5.41, 5.74) is 8.72. The summed E-state index contributed by atoms with van der Waals surface area (Å²) in [6.45, 7) is 0. The highest BCUT2D eigenvalue weighted by atomic mass is 14.9. The number of hydrogen-bond donors (Lipinski definition) is 1. The highest BCUT2D eigenvalue weighted by molar-refractivity contribution is 5.97. The zero-order valence-corrected chi connectivity index (χ0v) is 11.3. The first-order valence-electron chi connectivity index (χ1n) is 6.82. The highest BCUT2D eigenvalue weighted by Crippen LogP contribution is 2.29. The minimum Gasteiger partial charge on any atom is -0.382 e. The van der Waals surface area contributed by atoms with E-state index in [9.17, 15) is 0 Å². The van der Waals surface area contributed by atoms with Crippen LogP contribution in [0.5, 0.6) is 0 Å². The average molecular weight is 271 g/mol. The van der Waals surface area contributed by atoms with Crippen LogP contribution < -0.4 is 5.73 Å². The Kier molecular flexibility index (Phi) is 2.57. The van der Waals surface area contributed by atoms with Crippen molar-refractivity contribution >= 4 is 27.5 Å². The maximum Gasteiger partial charge on any atom is 0.149 e. The summed E-state index contributed by atoms with van der Waals surface area (Å²) in [6.07, 6.45) is 1.71. The van der Waals surface area contributed by atoms with E-state index in [-0.39, 0.29) is 0 Å². The Morgan fingerprint density at radius 2 is 1.62 bits per heavy atom. The van der Waals surface area contributed by atoms with Gasteiger partial charge in [0.1, 0.15) is 11.3 Å². The zero-order chi connectivity index (χ0) is 14.2. The fourth-order valence-electron chi connectivity index (χ4n) is 2.67. The number of fused-ring (bicyclic) bond motifs is 2. The van der Waals surface area contributed by atoms with E-state index in [0.29, 0.717) is 5.82 Å². The van der Waals surface area contributed by atoms with Gasteiger partial charge in [-0.2, -0.15) is 0 Å². The summed E-state index contributed by atoms with van der Waals surface area (Å²) < 4.78 is 0. The molecular weight excluding hydrogens is 258 g/mol. The molecule has 0 radical (unpaired) electrons. The van der Waals surface area contributed by atoms with Crippen LogP contribution in [-0.2, 0) is 0 Å². The Hall–Kier alpha value is -2.94. The number of nitrogens with zero attached hydrogens (tertiary/aromatic N) is 2. The van der Waals surface area contributed by atoms with Crippen LogP contribution in [0.4, 0.5) is 5.82 Å². The number of hydrogen-bond acceptors (Lipinski definition) is 3. The van der Waals surface area contributed by atoms with Crippen LogP contribution in [0, 0.1) is 0 Å². The lowest BCUT2D eigenvalue weighted by molar-refractivity contribution is 1.32. The molecule has 0 amide bonds. The van der Waals surface area contributed by atoms with Crippen LogP contribution in [0.3, 0.4) is 0 Å². The lowest BCUT2D eigenvalue weighted by Gasteiger charge is -2.08. The Morgan fingerprint density at radius 3 is 2.57 bits per heavy atom. The largest absolute Gasteiger partial charge is 0.382 e. The van der Waals surface area contributed by atoms with E-state index < -0.39 is 0 Å². The summed E-state index contributed by atoms with van der Waals surface area (Å²) in [4.78, 5) is 8.83. The number of anilines is 1. The van der Waals surface area contributed by atoms with Crippen molar-refractivity contribution in [3.8, 4) is 11.3 Å². The first kappa shape index (κ1) is 11.9. The molecule has 0 aliphatic carbocycles. The molecule has 0 saturated carbocycles. The molecule has 2 aromatic carbocycles. The number of nitrogens with two attached hydrogens (primary N) is 1. The Balaban J connectivity index is 2.02. The van der Waals surface area contributed by atoms with Crippen molar-refractivity contribution in [2.45, 2.75) is 0 Å². The van der Waals surface area contributed by atoms with Crippen molar-refractivity contribution in [3.05, 3.63) is 66.9 Å². The average Bonchev–Trinajstić information content (AvgIpc) is 2.54. The van der Waals surface area contributed by atoms with Crippen LogP contribution >= 0.6 is 0 Å². The smallest absolute Gasteiger partial charge is 0.149 e. The summed E-state index contributed by atoms with van der Waals surface area (Å²) in [5.74, 6) is 0.467. The van der Waals surface area contributed by atoms with Gasteiger partial charge >= 0.3 is 0 Å². The molecule has 0 bridgehead atoms. The van der Waals surface area contributed by atoms with Gasteiger partial charge < -0.3 is 5.73 Å².